The lowest BCUT2D eigenvalue weighted by Crippen LogP contribution is -2.50. The van der Waals surface area contributed by atoms with E-state index in [0.717, 1.165) is 29.4 Å². The van der Waals surface area contributed by atoms with E-state index in [-0.39, 0.29) is 12.0 Å². The normalized spacial score (nSPS) is 14.5. The number of nitrogens with zero attached hydrogens (tertiary/aromatic N) is 3. The van der Waals surface area contributed by atoms with E-state index in [1.807, 2.05) is 26.0 Å². The van der Waals surface area contributed by atoms with Crippen molar-refractivity contribution in [3.63, 3.8) is 0 Å². The zero-order valence-electron chi connectivity index (χ0n) is 15.7. The second-order valence-corrected chi connectivity index (χ2v) is 6.98. The predicted molar refractivity (Wildman–Crippen MR) is 105 cm³/mol. The van der Waals surface area contributed by atoms with Gasteiger partial charge in [0.1, 0.15) is 0 Å². The van der Waals surface area contributed by atoms with E-state index in [2.05, 4.69) is 4.98 Å². The molecule has 1 fully saturated rings. The molecule has 1 aliphatic rings. The molecule has 7 heteroatoms. The van der Waals surface area contributed by atoms with Gasteiger partial charge in [0.05, 0.1) is 17.1 Å². The monoisotopic (exact) mass is 389 g/mol. The summed E-state index contributed by atoms with van der Waals surface area (Å²) in [5.41, 5.74) is 2.21. The summed E-state index contributed by atoms with van der Waals surface area (Å²) in [6.45, 7) is 6.33. The SMILES string of the molecule is CCCOC(=O)N1CCN(C(=O)c2ccc3c(Cl)cc(CC)nc3c2)CC1. The number of benzene rings is 1. The average Bonchev–Trinajstić information content (AvgIpc) is 2.71. The number of piperazine rings is 1. The molecule has 0 spiro atoms. The van der Waals surface area contributed by atoms with Gasteiger partial charge in [-0.1, -0.05) is 31.5 Å². The Balaban J connectivity index is 1.70. The predicted octanol–water partition coefficient (Wildman–Crippen LogP) is 3.76. The van der Waals surface area contributed by atoms with Crippen LogP contribution in [0.5, 0.6) is 0 Å². The standard InChI is InChI=1S/C20H24ClN3O3/c1-3-11-27-20(26)24-9-7-23(8-10-24)19(25)14-5-6-16-17(21)13-15(4-2)22-18(16)12-14/h5-6,12-13H,3-4,7-11H2,1-2H3. The van der Waals surface area contributed by atoms with Gasteiger partial charge in [-0.25, -0.2) is 4.79 Å². The molecule has 1 saturated heterocycles. The number of halogens is 1. The van der Waals surface area contributed by atoms with Gasteiger partial charge in [-0.2, -0.15) is 0 Å². The number of amides is 2. The van der Waals surface area contributed by atoms with E-state index in [0.29, 0.717) is 43.4 Å². The van der Waals surface area contributed by atoms with E-state index < -0.39 is 0 Å². The quantitative estimate of drug-likeness (QED) is 0.798. The van der Waals surface area contributed by atoms with Gasteiger partial charge in [-0.05, 0) is 31.0 Å². The molecule has 2 heterocycles. The van der Waals surface area contributed by atoms with Crippen LogP contribution in [0.4, 0.5) is 4.79 Å². The fourth-order valence-electron chi connectivity index (χ4n) is 3.11. The molecule has 1 aromatic heterocycles. The average molecular weight is 390 g/mol. The number of aromatic nitrogens is 1. The zero-order chi connectivity index (χ0) is 19.4. The second kappa shape index (κ2) is 8.57. The van der Waals surface area contributed by atoms with Crippen molar-refractivity contribution in [2.45, 2.75) is 26.7 Å². The molecule has 0 unspecified atom stereocenters. The molecule has 0 radical (unpaired) electrons. The number of hydrogen-bond acceptors (Lipinski definition) is 4. The molecule has 3 rings (SSSR count). The highest BCUT2D eigenvalue weighted by molar-refractivity contribution is 6.35. The zero-order valence-corrected chi connectivity index (χ0v) is 16.5. The number of fused-ring (bicyclic) bond motifs is 1. The third kappa shape index (κ3) is 4.33. The van der Waals surface area contributed by atoms with Crippen LogP contribution in [0.2, 0.25) is 5.02 Å². The highest BCUT2D eigenvalue weighted by Gasteiger charge is 2.25. The van der Waals surface area contributed by atoms with E-state index in [9.17, 15) is 9.59 Å². The van der Waals surface area contributed by atoms with Gasteiger partial charge in [0.2, 0.25) is 0 Å². The van der Waals surface area contributed by atoms with Crippen molar-refractivity contribution in [3.8, 4) is 0 Å². The van der Waals surface area contributed by atoms with Crippen LogP contribution in [0.15, 0.2) is 24.3 Å². The molecule has 0 aliphatic carbocycles. The van der Waals surface area contributed by atoms with Gasteiger partial charge in [-0.3, -0.25) is 9.78 Å². The van der Waals surface area contributed by atoms with Crippen LogP contribution in [-0.4, -0.2) is 59.6 Å². The van der Waals surface area contributed by atoms with Crippen LogP contribution in [0.3, 0.4) is 0 Å². The van der Waals surface area contributed by atoms with E-state index in [4.69, 9.17) is 16.3 Å². The number of ether oxygens (including phenoxy) is 1. The van der Waals surface area contributed by atoms with Crippen LogP contribution in [0.25, 0.3) is 10.9 Å². The highest BCUT2D eigenvalue weighted by atomic mass is 35.5. The Bertz CT molecular complexity index is 848. The number of hydrogen-bond donors (Lipinski definition) is 0. The molecular weight excluding hydrogens is 366 g/mol. The molecular formula is C20H24ClN3O3. The van der Waals surface area contributed by atoms with E-state index in [1.54, 1.807) is 21.9 Å². The van der Waals surface area contributed by atoms with Crippen molar-refractivity contribution in [2.24, 2.45) is 0 Å². The first-order valence-corrected chi connectivity index (χ1v) is 9.71. The molecule has 1 aliphatic heterocycles. The largest absolute Gasteiger partial charge is 0.449 e. The molecule has 6 nitrogen and oxygen atoms in total. The fourth-order valence-corrected chi connectivity index (χ4v) is 3.39. The summed E-state index contributed by atoms with van der Waals surface area (Å²) in [7, 11) is 0. The van der Waals surface area contributed by atoms with Crippen molar-refractivity contribution >= 4 is 34.5 Å². The van der Waals surface area contributed by atoms with Crippen molar-refractivity contribution in [1.29, 1.82) is 0 Å². The smallest absolute Gasteiger partial charge is 0.409 e. The Hall–Kier alpha value is -2.34. The number of carbonyl (C=O) groups excluding carboxylic acids is 2. The minimum Gasteiger partial charge on any atom is -0.449 e. The molecule has 144 valence electrons. The highest BCUT2D eigenvalue weighted by Crippen LogP contribution is 2.25. The minimum absolute atomic E-state index is 0.0571. The molecule has 0 bridgehead atoms. The maximum atomic E-state index is 12.9. The van der Waals surface area contributed by atoms with Gasteiger partial charge in [0.15, 0.2) is 0 Å². The number of carbonyl (C=O) groups is 2. The van der Waals surface area contributed by atoms with E-state index in [1.165, 1.54) is 0 Å². The summed E-state index contributed by atoms with van der Waals surface area (Å²) >= 11 is 6.32. The lowest BCUT2D eigenvalue weighted by atomic mass is 10.1. The summed E-state index contributed by atoms with van der Waals surface area (Å²) in [6.07, 6.45) is 1.27. The molecule has 2 amide bonds. The third-order valence-corrected chi connectivity index (χ3v) is 4.99. The first kappa shape index (κ1) is 19.4. The van der Waals surface area contributed by atoms with Crippen LogP contribution < -0.4 is 0 Å². The summed E-state index contributed by atoms with van der Waals surface area (Å²) in [4.78, 5) is 32.8. The number of rotatable bonds is 4. The second-order valence-electron chi connectivity index (χ2n) is 6.57. The van der Waals surface area contributed by atoms with Crippen LogP contribution in [0, 0.1) is 0 Å². The van der Waals surface area contributed by atoms with Gasteiger partial charge in [0, 0.05) is 42.8 Å². The van der Waals surface area contributed by atoms with Gasteiger partial charge in [0.25, 0.3) is 5.91 Å². The molecule has 2 aromatic rings. The van der Waals surface area contributed by atoms with Crippen LogP contribution in [-0.2, 0) is 11.2 Å². The Kier molecular flexibility index (Phi) is 6.16. The Morgan fingerprint density at radius 2 is 1.81 bits per heavy atom. The third-order valence-electron chi connectivity index (χ3n) is 4.68. The maximum absolute atomic E-state index is 12.9. The topological polar surface area (TPSA) is 62.7 Å². The Morgan fingerprint density at radius 1 is 1.11 bits per heavy atom. The lowest BCUT2D eigenvalue weighted by molar-refractivity contribution is 0.0560. The van der Waals surface area contributed by atoms with Crippen molar-refractivity contribution in [3.05, 3.63) is 40.5 Å². The van der Waals surface area contributed by atoms with Crippen molar-refractivity contribution in [2.75, 3.05) is 32.8 Å². The van der Waals surface area contributed by atoms with Crippen LogP contribution in [0.1, 0.15) is 36.3 Å². The lowest BCUT2D eigenvalue weighted by Gasteiger charge is -2.34. The molecule has 0 atom stereocenters. The first-order valence-electron chi connectivity index (χ1n) is 9.33. The van der Waals surface area contributed by atoms with Crippen molar-refractivity contribution < 1.29 is 14.3 Å². The minimum atomic E-state index is -0.305. The Morgan fingerprint density at radius 3 is 2.48 bits per heavy atom. The summed E-state index contributed by atoms with van der Waals surface area (Å²) in [5, 5.41) is 1.49. The first-order chi connectivity index (χ1) is 13.0. The molecule has 1 aromatic carbocycles. The summed E-state index contributed by atoms with van der Waals surface area (Å²) in [5.74, 6) is -0.0571. The van der Waals surface area contributed by atoms with E-state index >= 15 is 0 Å². The molecule has 0 N–H and O–H groups in total. The van der Waals surface area contributed by atoms with Gasteiger partial charge in [-0.15, -0.1) is 0 Å². The number of pyridine rings is 1. The van der Waals surface area contributed by atoms with Gasteiger partial charge >= 0.3 is 6.09 Å². The summed E-state index contributed by atoms with van der Waals surface area (Å²) < 4.78 is 5.15. The van der Waals surface area contributed by atoms with Gasteiger partial charge < -0.3 is 14.5 Å². The summed E-state index contributed by atoms with van der Waals surface area (Å²) in [6, 6.07) is 7.29. The fraction of sp³-hybridized carbons (Fsp3) is 0.450. The molecule has 27 heavy (non-hydrogen) atoms. The van der Waals surface area contributed by atoms with Crippen LogP contribution >= 0.6 is 11.6 Å². The molecule has 0 saturated carbocycles. The number of aryl methyl sites for hydroxylation is 1. The van der Waals surface area contributed by atoms with Crippen molar-refractivity contribution in [1.82, 2.24) is 14.8 Å². The Labute approximate surface area is 164 Å². The maximum Gasteiger partial charge on any atom is 0.409 e.